The summed E-state index contributed by atoms with van der Waals surface area (Å²) in [5, 5.41) is 9.54. The second-order valence-corrected chi connectivity index (χ2v) is 3.32. The Morgan fingerprint density at radius 3 is 2.64 bits per heavy atom. The molecule has 14 heavy (non-hydrogen) atoms. The highest BCUT2D eigenvalue weighted by Crippen LogP contribution is 2.17. The Hall–Kier alpha value is -1.16. The Balaban J connectivity index is 2.44. The van der Waals surface area contributed by atoms with Crippen molar-refractivity contribution in [2.45, 2.75) is 38.7 Å². The predicted octanol–water partition coefficient (Wildman–Crippen LogP) is 0.937. The van der Waals surface area contributed by atoms with Crippen LogP contribution < -0.4 is 0 Å². The highest BCUT2D eigenvalue weighted by atomic mass is 16.6. The molecule has 78 valence electrons. The van der Waals surface area contributed by atoms with Gasteiger partial charge in [0.15, 0.2) is 0 Å². The number of hydrogen-bond donors (Lipinski definition) is 1. The minimum Gasteiger partial charge on any atom is -0.388 e. The van der Waals surface area contributed by atoms with E-state index in [1.165, 1.54) is 0 Å². The number of cyclic esters (lactones) is 2. The molecular weight excluding hydrogens is 184 g/mol. The van der Waals surface area contributed by atoms with E-state index in [-0.39, 0.29) is 5.57 Å². The smallest absolute Gasteiger partial charge is 0.344 e. The van der Waals surface area contributed by atoms with Crippen LogP contribution in [0.4, 0.5) is 0 Å². The zero-order valence-electron chi connectivity index (χ0n) is 8.16. The van der Waals surface area contributed by atoms with Gasteiger partial charge in [-0.2, -0.15) is 0 Å². The van der Waals surface area contributed by atoms with Crippen molar-refractivity contribution in [3.05, 3.63) is 11.6 Å². The zero-order valence-corrected chi connectivity index (χ0v) is 8.16. The molecular formula is C10H14O4. The molecule has 1 heterocycles. The fourth-order valence-electron chi connectivity index (χ4n) is 1.34. The summed E-state index contributed by atoms with van der Waals surface area (Å²) in [6.45, 7) is 2.05. The van der Waals surface area contributed by atoms with E-state index in [1.54, 1.807) is 0 Å². The van der Waals surface area contributed by atoms with Crippen molar-refractivity contribution in [1.82, 2.24) is 0 Å². The molecule has 1 atom stereocenters. The SMILES string of the molecule is CCCCCC(O)C1=CC(=O)OC1=O. The molecule has 1 unspecified atom stereocenters. The van der Waals surface area contributed by atoms with Gasteiger partial charge < -0.3 is 9.84 Å². The van der Waals surface area contributed by atoms with Crippen molar-refractivity contribution < 1.29 is 19.4 Å². The molecule has 0 saturated carbocycles. The second kappa shape index (κ2) is 4.91. The van der Waals surface area contributed by atoms with Crippen LogP contribution in [0.2, 0.25) is 0 Å². The largest absolute Gasteiger partial charge is 0.388 e. The summed E-state index contributed by atoms with van der Waals surface area (Å²) in [5.74, 6) is -1.39. The van der Waals surface area contributed by atoms with Crippen LogP contribution in [0.3, 0.4) is 0 Å². The third-order valence-corrected chi connectivity index (χ3v) is 2.14. The molecule has 0 spiro atoms. The summed E-state index contributed by atoms with van der Waals surface area (Å²) in [4.78, 5) is 21.7. The molecule has 0 aliphatic carbocycles. The summed E-state index contributed by atoms with van der Waals surface area (Å²) < 4.78 is 4.27. The summed E-state index contributed by atoms with van der Waals surface area (Å²) in [5.41, 5.74) is 0.0890. The molecule has 0 saturated heterocycles. The van der Waals surface area contributed by atoms with Gasteiger partial charge >= 0.3 is 11.9 Å². The molecule has 0 aromatic rings. The van der Waals surface area contributed by atoms with Crippen molar-refractivity contribution in [2.75, 3.05) is 0 Å². The maximum Gasteiger partial charge on any atom is 0.344 e. The zero-order chi connectivity index (χ0) is 10.6. The molecule has 0 fully saturated rings. The minimum atomic E-state index is -0.861. The average Bonchev–Trinajstić information content (AvgIpc) is 2.45. The number of aliphatic hydroxyl groups excluding tert-OH is 1. The molecule has 0 aromatic heterocycles. The third-order valence-electron chi connectivity index (χ3n) is 2.14. The van der Waals surface area contributed by atoms with Gasteiger partial charge in [0.2, 0.25) is 0 Å². The van der Waals surface area contributed by atoms with E-state index in [2.05, 4.69) is 11.7 Å². The fraction of sp³-hybridized carbons (Fsp3) is 0.600. The molecule has 0 aromatic carbocycles. The fourth-order valence-corrected chi connectivity index (χ4v) is 1.34. The molecule has 1 rings (SSSR count). The molecule has 0 bridgehead atoms. The molecule has 0 amide bonds. The van der Waals surface area contributed by atoms with Crippen LogP contribution in [0.25, 0.3) is 0 Å². The van der Waals surface area contributed by atoms with E-state index in [4.69, 9.17) is 0 Å². The van der Waals surface area contributed by atoms with E-state index in [1.807, 2.05) is 0 Å². The normalized spacial score (nSPS) is 18.0. The van der Waals surface area contributed by atoms with Gasteiger partial charge in [0, 0.05) is 6.08 Å². The van der Waals surface area contributed by atoms with E-state index in [0.717, 1.165) is 25.3 Å². The van der Waals surface area contributed by atoms with Crippen LogP contribution in [0.15, 0.2) is 11.6 Å². The summed E-state index contributed by atoms with van der Waals surface area (Å²) in [6.07, 6.45) is 3.61. The van der Waals surface area contributed by atoms with E-state index >= 15 is 0 Å². The van der Waals surface area contributed by atoms with Crippen LogP contribution in [0.1, 0.15) is 32.6 Å². The molecule has 4 nitrogen and oxygen atoms in total. The molecule has 4 heteroatoms. The quantitative estimate of drug-likeness (QED) is 0.405. The van der Waals surface area contributed by atoms with E-state index in [0.29, 0.717) is 6.42 Å². The Morgan fingerprint density at radius 1 is 1.43 bits per heavy atom. The summed E-state index contributed by atoms with van der Waals surface area (Å²) >= 11 is 0. The first-order valence-electron chi connectivity index (χ1n) is 4.81. The Bertz CT molecular complexity index is 267. The monoisotopic (exact) mass is 198 g/mol. The van der Waals surface area contributed by atoms with Crippen LogP contribution >= 0.6 is 0 Å². The number of rotatable bonds is 5. The maximum atomic E-state index is 11.0. The Labute approximate surface area is 82.6 Å². The predicted molar refractivity (Wildman–Crippen MR) is 49.3 cm³/mol. The van der Waals surface area contributed by atoms with E-state index in [9.17, 15) is 14.7 Å². The number of aliphatic hydroxyl groups is 1. The Morgan fingerprint density at radius 2 is 2.14 bits per heavy atom. The van der Waals surface area contributed by atoms with Crippen molar-refractivity contribution in [2.24, 2.45) is 0 Å². The second-order valence-electron chi connectivity index (χ2n) is 3.32. The highest BCUT2D eigenvalue weighted by molar-refractivity contribution is 6.09. The van der Waals surface area contributed by atoms with Gasteiger partial charge in [0.1, 0.15) is 0 Å². The topological polar surface area (TPSA) is 63.6 Å². The maximum absolute atomic E-state index is 11.0. The first-order chi connectivity index (χ1) is 6.65. The molecule has 0 radical (unpaired) electrons. The third kappa shape index (κ3) is 2.67. The van der Waals surface area contributed by atoms with Gasteiger partial charge in [0.05, 0.1) is 11.7 Å². The lowest BCUT2D eigenvalue weighted by Gasteiger charge is -2.07. The van der Waals surface area contributed by atoms with Gasteiger partial charge in [-0.25, -0.2) is 9.59 Å². The lowest BCUT2D eigenvalue weighted by Crippen LogP contribution is -2.15. The standard InChI is InChI=1S/C10H14O4/c1-2-3-4-5-8(11)7-6-9(12)14-10(7)13/h6,8,11H,2-5H2,1H3. The Kier molecular flexibility index (Phi) is 3.83. The number of ether oxygens (including phenoxy) is 1. The number of esters is 2. The van der Waals surface area contributed by atoms with Crippen LogP contribution in [0, 0.1) is 0 Å². The minimum absolute atomic E-state index is 0.0890. The van der Waals surface area contributed by atoms with Gasteiger partial charge in [0.25, 0.3) is 0 Å². The molecule has 1 N–H and O–H groups in total. The first kappa shape index (κ1) is 10.9. The molecule has 1 aliphatic heterocycles. The van der Waals surface area contributed by atoms with Crippen molar-refractivity contribution >= 4 is 11.9 Å². The van der Waals surface area contributed by atoms with Crippen LogP contribution in [0.5, 0.6) is 0 Å². The first-order valence-corrected chi connectivity index (χ1v) is 4.81. The van der Waals surface area contributed by atoms with Gasteiger partial charge in [-0.3, -0.25) is 0 Å². The highest BCUT2D eigenvalue weighted by Gasteiger charge is 2.28. The van der Waals surface area contributed by atoms with Crippen LogP contribution in [-0.2, 0) is 14.3 Å². The number of carbonyl (C=O) groups is 2. The number of carbonyl (C=O) groups excluding carboxylic acids is 2. The average molecular weight is 198 g/mol. The molecule has 1 aliphatic rings. The van der Waals surface area contributed by atoms with Crippen molar-refractivity contribution in [3.8, 4) is 0 Å². The summed E-state index contributed by atoms with van der Waals surface area (Å²) in [7, 11) is 0. The van der Waals surface area contributed by atoms with Gasteiger partial charge in [-0.15, -0.1) is 0 Å². The number of hydrogen-bond acceptors (Lipinski definition) is 4. The number of unbranched alkanes of at least 4 members (excludes halogenated alkanes) is 2. The lowest BCUT2D eigenvalue weighted by atomic mass is 10.0. The van der Waals surface area contributed by atoms with E-state index < -0.39 is 18.0 Å². The van der Waals surface area contributed by atoms with Gasteiger partial charge in [-0.05, 0) is 6.42 Å². The van der Waals surface area contributed by atoms with Crippen molar-refractivity contribution in [1.29, 1.82) is 0 Å². The lowest BCUT2D eigenvalue weighted by molar-refractivity contribution is -0.151. The summed E-state index contributed by atoms with van der Waals surface area (Å²) in [6, 6.07) is 0. The van der Waals surface area contributed by atoms with Gasteiger partial charge in [-0.1, -0.05) is 26.2 Å². The van der Waals surface area contributed by atoms with Crippen molar-refractivity contribution in [3.63, 3.8) is 0 Å². The van der Waals surface area contributed by atoms with Crippen LogP contribution in [-0.4, -0.2) is 23.1 Å².